The smallest absolute Gasteiger partial charge is 0.240 e. The van der Waals surface area contributed by atoms with Crippen LogP contribution in [0.25, 0.3) is 11.0 Å². The molecule has 0 unspecified atom stereocenters. The number of nitrogens with two attached hydrogens (primary N) is 1. The molecular weight excluding hydrogens is 396 g/mol. The van der Waals surface area contributed by atoms with Crippen molar-refractivity contribution in [2.24, 2.45) is 5.14 Å². The van der Waals surface area contributed by atoms with Gasteiger partial charge in [-0.3, -0.25) is 4.79 Å². The number of aromatic nitrogens is 2. The lowest BCUT2D eigenvalue weighted by molar-refractivity contribution is -0.128. The van der Waals surface area contributed by atoms with Crippen molar-refractivity contribution in [1.29, 1.82) is 0 Å². The number of hydrogen-bond donors (Lipinski definition) is 1. The number of imidazole rings is 1. The van der Waals surface area contributed by atoms with E-state index in [4.69, 9.17) is 5.14 Å². The van der Waals surface area contributed by atoms with Gasteiger partial charge in [-0.15, -0.1) is 0 Å². The lowest BCUT2D eigenvalue weighted by Gasteiger charge is -2.20. The molecule has 0 aliphatic rings. The Morgan fingerprint density at radius 3 is 2.46 bits per heavy atom. The highest BCUT2D eigenvalue weighted by atomic mass is 32.2. The molecule has 1 amide bonds. The van der Waals surface area contributed by atoms with Crippen LogP contribution in [0.2, 0.25) is 0 Å². The molecule has 0 fully saturated rings. The highest BCUT2D eigenvalue weighted by molar-refractivity contribution is 8.00. The van der Waals surface area contributed by atoms with Crippen molar-refractivity contribution in [3.05, 3.63) is 54.1 Å². The molecule has 1 heterocycles. The van der Waals surface area contributed by atoms with Gasteiger partial charge in [0.05, 0.1) is 15.9 Å². The molecule has 0 bridgehead atoms. The van der Waals surface area contributed by atoms with Crippen LogP contribution in [-0.4, -0.2) is 42.9 Å². The first-order valence-electron chi connectivity index (χ1n) is 8.68. The van der Waals surface area contributed by atoms with Gasteiger partial charge in [-0.2, -0.15) is 0 Å². The molecule has 0 aliphatic heterocycles. The second kappa shape index (κ2) is 7.94. The molecule has 2 aromatic carbocycles. The van der Waals surface area contributed by atoms with Crippen molar-refractivity contribution >= 4 is 38.7 Å². The summed E-state index contributed by atoms with van der Waals surface area (Å²) in [7, 11) is -0.368. The fraction of sp³-hybridized carbons (Fsp3) is 0.263. The molecule has 0 aliphatic carbocycles. The molecule has 0 radical (unpaired) electrons. The van der Waals surface area contributed by atoms with Gasteiger partial charge in [-0.1, -0.05) is 42.1 Å². The van der Waals surface area contributed by atoms with Gasteiger partial charge in [0.2, 0.25) is 15.9 Å². The summed E-state index contributed by atoms with van der Waals surface area (Å²) in [5.74, 6) is -0.0452. The van der Waals surface area contributed by atoms with Gasteiger partial charge < -0.3 is 9.47 Å². The first-order valence-corrected chi connectivity index (χ1v) is 11.1. The molecule has 7 nitrogen and oxygen atoms in total. The zero-order valence-electron chi connectivity index (χ0n) is 15.9. The lowest BCUT2D eigenvalue weighted by Crippen LogP contribution is -2.27. The summed E-state index contributed by atoms with van der Waals surface area (Å²) < 4.78 is 25.3. The van der Waals surface area contributed by atoms with Crippen molar-refractivity contribution in [3.63, 3.8) is 0 Å². The summed E-state index contributed by atoms with van der Waals surface area (Å²) in [6, 6.07) is 14.2. The summed E-state index contributed by atoms with van der Waals surface area (Å²) in [4.78, 5) is 19.0. The highest BCUT2D eigenvalue weighted by Crippen LogP contribution is 2.37. The number of carbonyl (C=O) groups is 1. The van der Waals surface area contributed by atoms with Gasteiger partial charge >= 0.3 is 0 Å². The first kappa shape index (κ1) is 20.4. The molecule has 0 spiro atoms. The standard InChI is InChI=1S/C19H22N4O3S2/c1-4-23-16-11-10-14(28(20,25)26)12-15(16)21-19(23)27-17(18(24)22(2)3)13-8-6-5-7-9-13/h5-12,17H,4H2,1-3H3,(H2,20,25,26)/t17-/m0/s1. The molecule has 28 heavy (non-hydrogen) atoms. The number of benzene rings is 2. The highest BCUT2D eigenvalue weighted by Gasteiger charge is 2.26. The Kier molecular flexibility index (Phi) is 5.78. The molecule has 2 N–H and O–H groups in total. The monoisotopic (exact) mass is 418 g/mol. The Hall–Kier alpha value is -2.36. The number of rotatable bonds is 6. The number of aryl methyl sites for hydroxylation is 1. The molecule has 148 valence electrons. The minimum atomic E-state index is -3.81. The topological polar surface area (TPSA) is 98.3 Å². The second-order valence-corrected chi connectivity index (χ2v) is 9.11. The number of nitrogens with zero attached hydrogens (tertiary/aromatic N) is 3. The number of hydrogen-bond acceptors (Lipinski definition) is 5. The maximum atomic E-state index is 12.8. The number of amides is 1. The van der Waals surface area contributed by atoms with E-state index in [-0.39, 0.29) is 10.8 Å². The molecule has 1 aromatic heterocycles. The predicted octanol–water partition coefficient (Wildman–Crippen LogP) is 2.63. The summed E-state index contributed by atoms with van der Waals surface area (Å²) in [6.45, 7) is 2.61. The van der Waals surface area contributed by atoms with Crippen molar-refractivity contribution < 1.29 is 13.2 Å². The van der Waals surface area contributed by atoms with E-state index in [1.54, 1.807) is 25.1 Å². The molecule has 9 heteroatoms. The van der Waals surface area contributed by atoms with E-state index in [1.807, 2.05) is 41.8 Å². The lowest BCUT2D eigenvalue weighted by atomic mass is 10.1. The molecule has 0 saturated carbocycles. The average molecular weight is 419 g/mol. The third kappa shape index (κ3) is 4.06. The van der Waals surface area contributed by atoms with Crippen LogP contribution in [0, 0.1) is 0 Å². The number of thioether (sulfide) groups is 1. The molecule has 3 rings (SSSR count). The van der Waals surface area contributed by atoms with Crippen LogP contribution < -0.4 is 5.14 Å². The van der Waals surface area contributed by atoms with E-state index in [9.17, 15) is 13.2 Å². The van der Waals surface area contributed by atoms with E-state index in [2.05, 4.69) is 4.98 Å². The van der Waals surface area contributed by atoms with E-state index in [1.165, 1.54) is 23.9 Å². The minimum absolute atomic E-state index is 0.0151. The van der Waals surface area contributed by atoms with Crippen LogP contribution in [0.5, 0.6) is 0 Å². The van der Waals surface area contributed by atoms with E-state index in [0.717, 1.165) is 11.1 Å². The summed E-state index contributed by atoms with van der Waals surface area (Å²) in [5, 5.41) is 5.42. The quantitative estimate of drug-likeness (QED) is 0.621. The zero-order chi connectivity index (χ0) is 20.5. The van der Waals surface area contributed by atoms with Gasteiger partial charge in [0, 0.05) is 20.6 Å². The molecule has 0 saturated heterocycles. The fourth-order valence-electron chi connectivity index (χ4n) is 2.89. The Bertz CT molecular complexity index is 1110. The van der Waals surface area contributed by atoms with Crippen molar-refractivity contribution in [3.8, 4) is 0 Å². The Balaban J connectivity index is 2.09. The Morgan fingerprint density at radius 2 is 1.89 bits per heavy atom. The largest absolute Gasteiger partial charge is 0.348 e. The van der Waals surface area contributed by atoms with Crippen LogP contribution in [0.4, 0.5) is 0 Å². The number of carbonyl (C=O) groups excluding carboxylic acids is 1. The fourth-order valence-corrected chi connectivity index (χ4v) is 4.74. The molecule has 3 aromatic rings. The zero-order valence-corrected chi connectivity index (χ0v) is 17.5. The number of sulfonamides is 1. The van der Waals surface area contributed by atoms with Gasteiger partial charge in [0.25, 0.3) is 0 Å². The first-order chi connectivity index (χ1) is 13.2. The van der Waals surface area contributed by atoms with Crippen molar-refractivity contribution in [1.82, 2.24) is 14.5 Å². The maximum absolute atomic E-state index is 12.8. The van der Waals surface area contributed by atoms with Gasteiger partial charge in [-0.05, 0) is 30.7 Å². The van der Waals surface area contributed by atoms with Crippen molar-refractivity contribution in [2.45, 2.75) is 28.8 Å². The van der Waals surface area contributed by atoms with Crippen LogP contribution in [0.3, 0.4) is 0 Å². The third-order valence-corrected chi connectivity index (χ3v) is 6.46. The average Bonchev–Trinajstić information content (AvgIpc) is 3.01. The van der Waals surface area contributed by atoms with Crippen LogP contribution in [-0.2, 0) is 21.4 Å². The van der Waals surface area contributed by atoms with Crippen LogP contribution >= 0.6 is 11.8 Å². The SMILES string of the molecule is CCn1c(S[C@H](C(=O)N(C)C)c2ccccc2)nc2cc(S(N)(=O)=O)ccc21. The summed E-state index contributed by atoms with van der Waals surface area (Å²) in [5.41, 5.74) is 2.20. The summed E-state index contributed by atoms with van der Waals surface area (Å²) >= 11 is 1.35. The molecular formula is C19H22N4O3S2. The van der Waals surface area contributed by atoms with Crippen LogP contribution in [0.1, 0.15) is 17.7 Å². The van der Waals surface area contributed by atoms with Gasteiger partial charge in [0.1, 0.15) is 5.25 Å². The minimum Gasteiger partial charge on any atom is -0.348 e. The maximum Gasteiger partial charge on any atom is 0.240 e. The van der Waals surface area contributed by atoms with E-state index < -0.39 is 15.3 Å². The third-order valence-electron chi connectivity index (χ3n) is 4.32. The normalized spacial score (nSPS) is 12.9. The number of fused-ring (bicyclic) bond motifs is 1. The van der Waals surface area contributed by atoms with Gasteiger partial charge in [0.15, 0.2) is 5.16 Å². The molecule has 1 atom stereocenters. The second-order valence-electron chi connectivity index (χ2n) is 6.48. The number of likely N-dealkylation sites (N-methyl/N-ethyl adjacent to an activating group) is 1. The summed E-state index contributed by atoms with van der Waals surface area (Å²) in [6.07, 6.45) is 0. The van der Waals surface area contributed by atoms with E-state index in [0.29, 0.717) is 17.2 Å². The predicted molar refractivity (Wildman–Crippen MR) is 111 cm³/mol. The van der Waals surface area contributed by atoms with E-state index >= 15 is 0 Å². The Labute approximate surface area is 168 Å². The van der Waals surface area contributed by atoms with Crippen molar-refractivity contribution in [2.75, 3.05) is 14.1 Å². The van der Waals surface area contributed by atoms with Crippen LogP contribution in [0.15, 0.2) is 58.6 Å². The number of primary sulfonamides is 1. The van der Waals surface area contributed by atoms with Gasteiger partial charge in [-0.25, -0.2) is 18.5 Å². The Morgan fingerprint density at radius 1 is 1.21 bits per heavy atom.